The fourth-order valence-corrected chi connectivity index (χ4v) is 3.17. The van der Waals surface area contributed by atoms with E-state index in [0.29, 0.717) is 11.1 Å². The number of rotatable bonds is 6. The van der Waals surface area contributed by atoms with Crippen LogP contribution in [0.4, 0.5) is 5.95 Å². The summed E-state index contributed by atoms with van der Waals surface area (Å²) >= 11 is 3.24. The van der Waals surface area contributed by atoms with Crippen LogP contribution >= 0.6 is 15.9 Å². The average Bonchev–Trinajstić information content (AvgIpc) is 2.88. The standard InChI is InChI=1S/C11H13BrN4O4S/c1-3-20-8-5-4-7(12)6-9(8)21(17,18)16-10-13-11(19-2)15-14-10/h4-6H,3H2,1-2H3,(H2,13,14,15,16). The number of nitrogens with zero attached hydrogens (tertiary/aromatic N) is 2. The lowest BCUT2D eigenvalue weighted by molar-refractivity contribution is 0.331. The summed E-state index contributed by atoms with van der Waals surface area (Å²) in [6.07, 6.45) is 0. The SMILES string of the molecule is CCOc1ccc(Br)cc1S(=O)(=O)Nc1nc(OC)n[nH]1. The minimum Gasteiger partial charge on any atom is -0.492 e. The summed E-state index contributed by atoms with van der Waals surface area (Å²) in [7, 11) is -2.50. The molecular formula is C11H13BrN4O4S. The third kappa shape index (κ3) is 3.64. The fourth-order valence-electron chi connectivity index (χ4n) is 1.53. The molecule has 0 radical (unpaired) electrons. The van der Waals surface area contributed by atoms with E-state index < -0.39 is 10.0 Å². The molecule has 2 rings (SSSR count). The highest BCUT2D eigenvalue weighted by Crippen LogP contribution is 2.28. The fraction of sp³-hybridized carbons (Fsp3) is 0.273. The maximum absolute atomic E-state index is 12.4. The van der Waals surface area contributed by atoms with Gasteiger partial charge in [0.2, 0.25) is 5.95 Å². The monoisotopic (exact) mass is 376 g/mol. The number of H-pyrrole nitrogens is 1. The van der Waals surface area contributed by atoms with Gasteiger partial charge in [-0.25, -0.2) is 18.2 Å². The number of anilines is 1. The Kier molecular flexibility index (Phi) is 4.68. The number of ether oxygens (including phenoxy) is 2. The number of sulfonamides is 1. The molecule has 0 aliphatic carbocycles. The predicted octanol–water partition coefficient (Wildman–Crippen LogP) is 1.78. The number of methoxy groups -OCH3 is 1. The largest absolute Gasteiger partial charge is 0.492 e. The molecule has 0 spiro atoms. The lowest BCUT2D eigenvalue weighted by atomic mass is 10.3. The Hall–Kier alpha value is -1.81. The Morgan fingerprint density at radius 2 is 2.19 bits per heavy atom. The van der Waals surface area contributed by atoms with E-state index in [-0.39, 0.29) is 22.6 Å². The van der Waals surface area contributed by atoms with Crippen LogP contribution in [0.1, 0.15) is 6.92 Å². The molecular weight excluding hydrogens is 364 g/mol. The van der Waals surface area contributed by atoms with Gasteiger partial charge < -0.3 is 9.47 Å². The van der Waals surface area contributed by atoms with Gasteiger partial charge in [0.25, 0.3) is 10.0 Å². The van der Waals surface area contributed by atoms with Gasteiger partial charge in [-0.2, -0.15) is 4.98 Å². The molecule has 0 unspecified atom stereocenters. The Morgan fingerprint density at radius 1 is 1.43 bits per heavy atom. The van der Waals surface area contributed by atoms with Crippen molar-refractivity contribution in [3.8, 4) is 11.8 Å². The van der Waals surface area contributed by atoms with Crippen LogP contribution in [0.5, 0.6) is 11.8 Å². The molecule has 2 N–H and O–H groups in total. The highest BCUT2D eigenvalue weighted by atomic mass is 79.9. The summed E-state index contributed by atoms with van der Waals surface area (Å²) in [5.74, 6) is 0.203. The molecule has 0 amide bonds. The van der Waals surface area contributed by atoms with Crippen molar-refractivity contribution >= 4 is 31.9 Å². The number of hydrogen-bond acceptors (Lipinski definition) is 6. The lowest BCUT2D eigenvalue weighted by Gasteiger charge is -2.11. The molecule has 114 valence electrons. The molecule has 1 heterocycles. The zero-order valence-electron chi connectivity index (χ0n) is 11.3. The van der Waals surface area contributed by atoms with Crippen LogP contribution < -0.4 is 14.2 Å². The number of hydrogen-bond donors (Lipinski definition) is 2. The lowest BCUT2D eigenvalue weighted by Crippen LogP contribution is -2.15. The first-order chi connectivity index (χ1) is 9.96. The molecule has 0 aliphatic rings. The van der Waals surface area contributed by atoms with E-state index in [4.69, 9.17) is 9.47 Å². The van der Waals surface area contributed by atoms with E-state index in [1.165, 1.54) is 13.2 Å². The molecule has 1 aromatic carbocycles. The van der Waals surface area contributed by atoms with Gasteiger partial charge in [-0.05, 0) is 25.1 Å². The maximum atomic E-state index is 12.4. The first-order valence-corrected chi connectivity index (χ1v) is 8.15. The molecule has 0 saturated heterocycles. The van der Waals surface area contributed by atoms with Gasteiger partial charge in [0.15, 0.2) is 0 Å². The summed E-state index contributed by atoms with van der Waals surface area (Å²) in [5, 5.41) is 6.08. The summed E-state index contributed by atoms with van der Waals surface area (Å²) in [5.41, 5.74) is 0. The van der Waals surface area contributed by atoms with E-state index in [1.54, 1.807) is 19.1 Å². The number of benzene rings is 1. The number of aromatic amines is 1. The minimum atomic E-state index is -3.88. The molecule has 21 heavy (non-hydrogen) atoms. The van der Waals surface area contributed by atoms with Crippen LogP contribution in [0, 0.1) is 0 Å². The van der Waals surface area contributed by atoms with Crippen molar-refractivity contribution in [2.75, 3.05) is 18.4 Å². The quantitative estimate of drug-likeness (QED) is 0.795. The van der Waals surface area contributed by atoms with Crippen LogP contribution in [0.3, 0.4) is 0 Å². The Balaban J connectivity index is 2.36. The van der Waals surface area contributed by atoms with Crippen molar-refractivity contribution in [2.45, 2.75) is 11.8 Å². The zero-order chi connectivity index (χ0) is 15.5. The predicted molar refractivity (Wildman–Crippen MR) is 79.1 cm³/mol. The van der Waals surface area contributed by atoms with Gasteiger partial charge >= 0.3 is 6.01 Å². The van der Waals surface area contributed by atoms with Crippen molar-refractivity contribution in [1.29, 1.82) is 0 Å². The van der Waals surface area contributed by atoms with Crippen molar-refractivity contribution < 1.29 is 17.9 Å². The van der Waals surface area contributed by atoms with Crippen molar-refractivity contribution in [3.63, 3.8) is 0 Å². The second-order valence-electron chi connectivity index (χ2n) is 3.80. The van der Waals surface area contributed by atoms with Gasteiger partial charge in [-0.15, -0.1) is 5.10 Å². The molecule has 8 nitrogen and oxygen atoms in total. The molecule has 0 atom stereocenters. The molecule has 2 aromatic rings. The average molecular weight is 377 g/mol. The van der Waals surface area contributed by atoms with Crippen LogP contribution in [-0.4, -0.2) is 37.3 Å². The summed E-state index contributed by atoms with van der Waals surface area (Å²) in [4.78, 5) is 3.80. The van der Waals surface area contributed by atoms with Gasteiger partial charge in [0, 0.05) is 4.47 Å². The first-order valence-electron chi connectivity index (χ1n) is 5.88. The summed E-state index contributed by atoms with van der Waals surface area (Å²) in [6, 6.07) is 4.75. The molecule has 0 aliphatic heterocycles. The van der Waals surface area contributed by atoms with Crippen molar-refractivity contribution in [1.82, 2.24) is 15.2 Å². The highest BCUT2D eigenvalue weighted by Gasteiger charge is 2.22. The van der Waals surface area contributed by atoms with Crippen molar-refractivity contribution in [3.05, 3.63) is 22.7 Å². The third-order valence-corrected chi connectivity index (χ3v) is 4.23. The number of aromatic nitrogens is 3. The molecule has 1 aromatic heterocycles. The van der Waals surface area contributed by atoms with E-state index in [2.05, 4.69) is 35.8 Å². The van der Waals surface area contributed by atoms with E-state index in [1.807, 2.05) is 0 Å². The first kappa shape index (κ1) is 15.6. The van der Waals surface area contributed by atoms with Gasteiger partial charge in [-0.1, -0.05) is 15.9 Å². The smallest absolute Gasteiger partial charge is 0.336 e. The number of halogens is 1. The van der Waals surface area contributed by atoms with Crippen LogP contribution in [0.2, 0.25) is 0 Å². The van der Waals surface area contributed by atoms with Crippen LogP contribution in [0.25, 0.3) is 0 Å². The minimum absolute atomic E-state index is 0.00547. The van der Waals surface area contributed by atoms with Crippen LogP contribution in [-0.2, 0) is 10.0 Å². The molecule has 0 fully saturated rings. The maximum Gasteiger partial charge on any atom is 0.336 e. The molecule has 0 saturated carbocycles. The third-order valence-electron chi connectivity index (χ3n) is 2.37. The Morgan fingerprint density at radius 3 is 2.81 bits per heavy atom. The van der Waals surface area contributed by atoms with Gasteiger partial charge in [0.05, 0.1) is 13.7 Å². The van der Waals surface area contributed by atoms with Gasteiger partial charge in [-0.3, -0.25) is 0 Å². The molecule has 10 heteroatoms. The Bertz CT molecular complexity index is 732. The second kappa shape index (κ2) is 6.31. The highest BCUT2D eigenvalue weighted by molar-refractivity contribution is 9.10. The normalized spacial score (nSPS) is 11.2. The Labute approximate surface area is 130 Å². The summed E-state index contributed by atoms with van der Waals surface area (Å²) in [6.45, 7) is 2.12. The van der Waals surface area contributed by atoms with E-state index in [9.17, 15) is 8.42 Å². The van der Waals surface area contributed by atoms with E-state index >= 15 is 0 Å². The van der Waals surface area contributed by atoms with Gasteiger partial charge in [0.1, 0.15) is 10.6 Å². The van der Waals surface area contributed by atoms with Crippen LogP contribution in [0.15, 0.2) is 27.6 Å². The number of nitrogens with one attached hydrogen (secondary N) is 2. The second-order valence-corrected chi connectivity index (χ2v) is 6.37. The summed E-state index contributed by atoms with van der Waals surface area (Å²) < 4.78 is 37.8. The zero-order valence-corrected chi connectivity index (χ0v) is 13.7. The topological polar surface area (TPSA) is 106 Å². The van der Waals surface area contributed by atoms with E-state index in [0.717, 1.165) is 0 Å². The van der Waals surface area contributed by atoms with Crippen molar-refractivity contribution in [2.24, 2.45) is 0 Å². The molecule has 0 bridgehead atoms.